The van der Waals surface area contributed by atoms with E-state index in [9.17, 15) is 4.39 Å². The molecule has 2 N–H and O–H groups in total. The lowest BCUT2D eigenvalue weighted by Crippen LogP contribution is -2.39. The molecule has 0 bridgehead atoms. The summed E-state index contributed by atoms with van der Waals surface area (Å²) in [6.45, 7) is 12.3. The molecule has 0 saturated heterocycles. The van der Waals surface area contributed by atoms with Gasteiger partial charge in [0.2, 0.25) is 0 Å². The lowest BCUT2D eigenvalue weighted by Gasteiger charge is -2.24. The Hall–Kier alpha value is -1.64. The predicted molar refractivity (Wildman–Crippen MR) is 123 cm³/mol. The van der Waals surface area contributed by atoms with Gasteiger partial charge in [-0.2, -0.15) is 0 Å². The van der Waals surface area contributed by atoms with Crippen molar-refractivity contribution in [2.75, 3.05) is 19.6 Å². The average molecular weight is 502 g/mol. The summed E-state index contributed by atoms with van der Waals surface area (Å²) in [5.41, 5.74) is 2.85. The Labute approximate surface area is 184 Å². The highest BCUT2D eigenvalue weighted by molar-refractivity contribution is 14.0. The van der Waals surface area contributed by atoms with Gasteiger partial charge in [-0.25, -0.2) is 4.39 Å². The van der Waals surface area contributed by atoms with Crippen LogP contribution in [0.15, 0.2) is 33.8 Å². The number of aliphatic imine (C=N–C) groups is 1. The Bertz CT molecular complexity index is 754. The van der Waals surface area contributed by atoms with Crippen molar-refractivity contribution in [3.8, 4) is 0 Å². The summed E-state index contributed by atoms with van der Waals surface area (Å²) < 4.78 is 18.7. The zero-order chi connectivity index (χ0) is 19.9. The molecule has 156 valence electrons. The van der Waals surface area contributed by atoms with E-state index in [0.717, 1.165) is 48.9 Å². The van der Waals surface area contributed by atoms with Gasteiger partial charge in [0, 0.05) is 24.1 Å². The van der Waals surface area contributed by atoms with E-state index in [-0.39, 0.29) is 35.2 Å². The van der Waals surface area contributed by atoms with Gasteiger partial charge in [0.15, 0.2) is 5.96 Å². The normalized spacial score (nSPS) is 11.9. The van der Waals surface area contributed by atoms with E-state index in [1.165, 1.54) is 11.6 Å². The fourth-order valence-corrected chi connectivity index (χ4v) is 2.95. The van der Waals surface area contributed by atoms with Gasteiger partial charge in [0.05, 0.1) is 12.2 Å². The van der Waals surface area contributed by atoms with Crippen LogP contribution in [0.2, 0.25) is 0 Å². The van der Waals surface area contributed by atoms with E-state index in [1.807, 2.05) is 26.8 Å². The zero-order valence-corrected chi connectivity index (χ0v) is 19.8. The Morgan fingerprint density at radius 1 is 1.25 bits per heavy atom. The number of aryl methyl sites for hydroxylation is 2. The number of hydrogen-bond donors (Lipinski definition) is 2. The second kappa shape index (κ2) is 11.4. The molecule has 0 spiro atoms. The Morgan fingerprint density at radius 3 is 2.61 bits per heavy atom. The highest BCUT2D eigenvalue weighted by Gasteiger charge is 2.21. The zero-order valence-electron chi connectivity index (χ0n) is 17.4. The fourth-order valence-electron chi connectivity index (χ4n) is 2.95. The molecule has 7 heteroatoms. The first-order chi connectivity index (χ1) is 12.8. The van der Waals surface area contributed by atoms with Crippen LogP contribution in [0.3, 0.4) is 0 Å². The third-order valence-corrected chi connectivity index (χ3v) is 4.66. The summed E-state index contributed by atoms with van der Waals surface area (Å²) >= 11 is 0. The van der Waals surface area contributed by atoms with Gasteiger partial charge >= 0.3 is 0 Å². The Kier molecular flexibility index (Phi) is 9.92. The molecule has 1 heterocycles. The van der Waals surface area contributed by atoms with E-state index in [2.05, 4.69) is 29.6 Å². The van der Waals surface area contributed by atoms with Crippen molar-refractivity contribution in [1.29, 1.82) is 0 Å². The number of nitrogens with zero attached hydrogens (tertiary/aromatic N) is 2. The summed E-state index contributed by atoms with van der Waals surface area (Å²) in [6.07, 6.45) is 1.88. The minimum absolute atomic E-state index is 0. The van der Waals surface area contributed by atoms with Crippen LogP contribution in [-0.2, 0) is 11.8 Å². The fraction of sp³-hybridized carbons (Fsp3) is 0.524. The van der Waals surface area contributed by atoms with Crippen LogP contribution in [0, 0.1) is 19.7 Å². The molecule has 0 amide bonds. The van der Waals surface area contributed by atoms with Gasteiger partial charge in [-0.05, 0) is 51.3 Å². The molecule has 28 heavy (non-hydrogen) atoms. The van der Waals surface area contributed by atoms with Gasteiger partial charge in [0.25, 0.3) is 0 Å². The molecule has 0 saturated carbocycles. The summed E-state index contributed by atoms with van der Waals surface area (Å²) in [5, 5.41) is 10.6. The molecular weight excluding hydrogens is 470 g/mol. The first-order valence-electron chi connectivity index (χ1n) is 9.53. The minimum atomic E-state index is -0.249. The van der Waals surface area contributed by atoms with Gasteiger partial charge in [0.1, 0.15) is 11.6 Å². The first kappa shape index (κ1) is 24.4. The maximum Gasteiger partial charge on any atom is 0.191 e. The number of guanidine groups is 1. The number of halogens is 2. The average Bonchev–Trinajstić information content (AvgIpc) is 2.95. The van der Waals surface area contributed by atoms with Gasteiger partial charge in [-0.15, -0.1) is 24.0 Å². The van der Waals surface area contributed by atoms with Crippen LogP contribution in [0.1, 0.15) is 49.8 Å². The van der Waals surface area contributed by atoms with Crippen molar-refractivity contribution < 1.29 is 8.91 Å². The van der Waals surface area contributed by atoms with Crippen molar-refractivity contribution in [2.24, 2.45) is 4.99 Å². The summed E-state index contributed by atoms with van der Waals surface area (Å²) in [6, 6.07) is 6.74. The van der Waals surface area contributed by atoms with Crippen LogP contribution in [0.25, 0.3) is 0 Å². The predicted octanol–water partition coefficient (Wildman–Crippen LogP) is 4.51. The molecule has 2 aromatic rings. The van der Waals surface area contributed by atoms with Gasteiger partial charge in [-0.1, -0.05) is 31.1 Å². The van der Waals surface area contributed by atoms with E-state index in [0.29, 0.717) is 6.54 Å². The smallest absolute Gasteiger partial charge is 0.191 e. The van der Waals surface area contributed by atoms with Gasteiger partial charge < -0.3 is 15.2 Å². The molecular formula is C21H32FIN4O. The molecule has 0 aliphatic heterocycles. The number of benzene rings is 1. The third-order valence-electron chi connectivity index (χ3n) is 4.66. The number of hydrogen-bond acceptors (Lipinski definition) is 3. The molecule has 0 fully saturated rings. The molecule has 1 aromatic heterocycles. The Balaban J connectivity index is 0.00000392. The quantitative estimate of drug-likeness (QED) is 0.241. The van der Waals surface area contributed by atoms with Crippen molar-refractivity contribution in [3.05, 3.63) is 52.7 Å². The monoisotopic (exact) mass is 502 g/mol. The second-order valence-corrected chi connectivity index (χ2v) is 7.42. The second-order valence-electron chi connectivity index (χ2n) is 7.42. The Morgan fingerprint density at radius 2 is 2.00 bits per heavy atom. The highest BCUT2D eigenvalue weighted by Crippen LogP contribution is 2.24. The summed E-state index contributed by atoms with van der Waals surface area (Å²) in [5.74, 6) is 1.46. The molecule has 0 radical (unpaired) electrons. The lowest BCUT2D eigenvalue weighted by molar-refractivity contribution is 0.392. The summed E-state index contributed by atoms with van der Waals surface area (Å²) in [7, 11) is 0. The molecule has 0 atom stereocenters. The third kappa shape index (κ3) is 7.07. The molecule has 5 nitrogen and oxygen atoms in total. The van der Waals surface area contributed by atoms with Crippen LogP contribution in [-0.4, -0.2) is 30.8 Å². The largest absolute Gasteiger partial charge is 0.361 e. The topological polar surface area (TPSA) is 62.5 Å². The first-order valence-corrected chi connectivity index (χ1v) is 9.53. The van der Waals surface area contributed by atoms with Gasteiger partial charge in [-0.3, -0.25) is 4.99 Å². The van der Waals surface area contributed by atoms with E-state index >= 15 is 0 Å². The number of aromatic nitrogens is 1. The highest BCUT2D eigenvalue weighted by atomic mass is 127. The number of nitrogens with one attached hydrogen (secondary N) is 2. The van der Waals surface area contributed by atoms with Crippen molar-refractivity contribution >= 4 is 29.9 Å². The minimum Gasteiger partial charge on any atom is -0.361 e. The van der Waals surface area contributed by atoms with Crippen LogP contribution < -0.4 is 10.6 Å². The van der Waals surface area contributed by atoms with E-state index in [4.69, 9.17) is 9.52 Å². The van der Waals surface area contributed by atoms with E-state index in [1.54, 1.807) is 12.1 Å². The SMILES string of the molecule is CCNC(=NCC(C)(C)c1cccc(F)c1)NCCCc1c(C)noc1C.I. The molecule has 0 aliphatic carbocycles. The molecule has 0 aliphatic rings. The van der Waals surface area contributed by atoms with E-state index < -0.39 is 0 Å². The molecule has 2 rings (SSSR count). The summed E-state index contributed by atoms with van der Waals surface area (Å²) in [4.78, 5) is 4.70. The van der Waals surface area contributed by atoms with Crippen molar-refractivity contribution in [3.63, 3.8) is 0 Å². The van der Waals surface area contributed by atoms with Crippen LogP contribution in [0.5, 0.6) is 0 Å². The van der Waals surface area contributed by atoms with Crippen molar-refractivity contribution in [1.82, 2.24) is 15.8 Å². The lowest BCUT2D eigenvalue weighted by atomic mass is 9.85. The maximum atomic E-state index is 13.5. The van der Waals surface area contributed by atoms with Crippen LogP contribution >= 0.6 is 24.0 Å². The maximum absolute atomic E-state index is 13.5. The van der Waals surface area contributed by atoms with Crippen molar-refractivity contribution in [2.45, 2.75) is 52.9 Å². The molecule has 1 aromatic carbocycles. The van der Waals surface area contributed by atoms with Crippen LogP contribution in [0.4, 0.5) is 4.39 Å². The number of rotatable bonds is 8. The molecule has 0 unspecified atom stereocenters. The standard InChI is InChI=1S/C21H31FN4O.HI/c1-6-23-20(24-12-8-11-19-15(2)26-27-16(19)3)25-14-21(4,5)17-9-7-10-18(22)13-17;/h7,9-10,13H,6,8,11-12,14H2,1-5H3,(H2,23,24,25);1H.